The van der Waals surface area contributed by atoms with Crippen molar-refractivity contribution >= 4 is 11.7 Å². The highest BCUT2D eigenvalue weighted by Crippen LogP contribution is 2.16. The lowest BCUT2D eigenvalue weighted by molar-refractivity contribution is 0.0284. The molecule has 4 nitrogen and oxygen atoms in total. The van der Waals surface area contributed by atoms with Crippen molar-refractivity contribution in [2.24, 2.45) is 0 Å². The molecule has 0 atom stereocenters. The second kappa shape index (κ2) is 6.25. The fraction of sp³-hybridized carbons (Fsp3) is 0.462. The van der Waals surface area contributed by atoms with E-state index in [-0.39, 0.29) is 5.97 Å². The van der Waals surface area contributed by atoms with Crippen LogP contribution in [0.1, 0.15) is 42.5 Å². The molecule has 3 rings (SSSR count). The lowest BCUT2D eigenvalue weighted by Gasteiger charge is -2.01. The van der Waals surface area contributed by atoms with E-state index in [1.165, 1.54) is 32.1 Å². The first kappa shape index (κ1) is 11.9. The van der Waals surface area contributed by atoms with Crippen molar-refractivity contribution in [2.75, 3.05) is 12.0 Å². The van der Waals surface area contributed by atoms with E-state index in [2.05, 4.69) is 15.6 Å². The molecule has 2 N–H and O–H groups in total. The minimum atomic E-state index is -0.351. The van der Waals surface area contributed by atoms with Gasteiger partial charge in [0.15, 0.2) is 0 Å². The Hall–Kier alpha value is -1.55. The van der Waals surface area contributed by atoms with E-state index in [1.807, 2.05) is 12.1 Å². The number of anilines is 1. The van der Waals surface area contributed by atoms with Gasteiger partial charge in [-0.3, -0.25) is 0 Å². The minimum Gasteiger partial charge on any atom is -0.369 e. The van der Waals surface area contributed by atoms with Crippen LogP contribution in [0, 0.1) is 0 Å². The fourth-order valence-corrected chi connectivity index (χ4v) is 1.99. The Morgan fingerprint density at radius 3 is 2.35 bits per heavy atom. The first-order valence-electron chi connectivity index (χ1n) is 6.15. The Balaban J connectivity index is 0.000000181. The van der Waals surface area contributed by atoms with Crippen molar-refractivity contribution in [2.45, 2.75) is 32.1 Å². The van der Waals surface area contributed by atoms with E-state index in [1.54, 1.807) is 12.1 Å². The SMILES string of the molecule is C1CCCC1.O=C1ONCNc2ccccc21. The summed E-state index contributed by atoms with van der Waals surface area (Å²) in [5, 5.41) is 3.00. The van der Waals surface area contributed by atoms with Crippen molar-refractivity contribution in [3.8, 4) is 0 Å². The van der Waals surface area contributed by atoms with Gasteiger partial charge in [0.2, 0.25) is 0 Å². The smallest absolute Gasteiger partial charge is 0.358 e. The summed E-state index contributed by atoms with van der Waals surface area (Å²) in [5.74, 6) is -0.351. The Morgan fingerprint density at radius 1 is 1.00 bits per heavy atom. The van der Waals surface area contributed by atoms with E-state index in [0.717, 1.165) is 5.69 Å². The average Bonchev–Trinajstić information content (AvgIpc) is 2.89. The van der Waals surface area contributed by atoms with Crippen LogP contribution in [0.2, 0.25) is 0 Å². The zero-order valence-electron chi connectivity index (χ0n) is 9.87. The van der Waals surface area contributed by atoms with Gasteiger partial charge >= 0.3 is 5.97 Å². The molecule has 1 saturated carbocycles. The van der Waals surface area contributed by atoms with Crippen LogP contribution in [0.4, 0.5) is 5.69 Å². The average molecular weight is 234 g/mol. The highest BCUT2D eigenvalue weighted by Gasteiger charge is 2.14. The third-order valence-electron chi connectivity index (χ3n) is 2.91. The van der Waals surface area contributed by atoms with E-state index in [0.29, 0.717) is 12.2 Å². The molecule has 1 fully saturated rings. The fourth-order valence-electron chi connectivity index (χ4n) is 1.99. The second-order valence-electron chi connectivity index (χ2n) is 4.20. The molecule has 1 aromatic rings. The Morgan fingerprint density at radius 2 is 1.65 bits per heavy atom. The van der Waals surface area contributed by atoms with E-state index in [9.17, 15) is 4.79 Å². The first-order valence-corrected chi connectivity index (χ1v) is 6.15. The molecule has 2 aliphatic rings. The van der Waals surface area contributed by atoms with Crippen LogP contribution in [-0.4, -0.2) is 12.6 Å². The molecule has 1 aliphatic heterocycles. The molecule has 0 spiro atoms. The molecule has 4 heteroatoms. The summed E-state index contributed by atoms with van der Waals surface area (Å²) in [5.41, 5.74) is 3.84. The van der Waals surface area contributed by atoms with Gasteiger partial charge in [-0.2, -0.15) is 0 Å². The lowest BCUT2D eigenvalue weighted by Crippen LogP contribution is -2.21. The van der Waals surface area contributed by atoms with E-state index >= 15 is 0 Å². The number of hydrogen-bond acceptors (Lipinski definition) is 4. The number of carbonyl (C=O) groups is 1. The van der Waals surface area contributed by atoms with Gasteiger partial charge in [0.05, 0.1) is 12.2 Å². The summed E-state index contributed by atoms with van der Waals surface area (Å²) in [4.78, 5) is 15.9. The van der Waals surface area contributed by atoms with E-state index < -0.39 is 0 Å². The molecule has 1 aliphatic carbocycles. The molecule has 1 aromatic carbocycles. The monoisotopic (exact) mass is 234 g/mol. The summed E-state index contributed by atoms with van der Waals surface area (Å²) >= 11 is 0. The maximum absolute atomic E-state index is 11.2. The van der Waals surface area contributed by atoms with Crippen molar-refractivity contribution in [3.63, 3.8) is 0 Å². The van der Waals surface area contributed by atoms with Crippen LogP contribution in [0.15, 0.2) is 24.3 Å². The van der Waals surface area contributed by atoms with Crippen LogP contribution in [0.25, 0.3) is 0 Å². The number of benzene rings is 1. The second-order valence-corrected chi connectivity index (χ2v) is 4.20. The molecule has 1 heterocycles. The van der Waals surface area contributed by atoms with Gasteiger partial charge in [-0.1, -0.05) is 44.2 Å². The van der Waals surface area contributed by atoms with E-state index in [4.69, 9.17) is 0 Å². The number of hydroxylamine groups is 1. The van der Waals surface area contributed by atoms with Crippen molar-refractivity contribution in [1.29, 1.82) is 0 Å². The van der Waals surface area contributed by atoms with Crippen LogP contribution in [0.3, 0.4) is 0 Å². The summed E-state index contributed by atoms with van der Waals surface area (Å²) < 4.78 is 0. The number of carbonyl (C=O) groups excluding carboxylic acids is 1. The molecule has 0 amide bonds. The highest BCUT2D eigenvalue weighted by molar-refractivity contribution is 5.95. The quantitative estimate of drug-likeness (QED) is 0.724. The van der Waals surface area contributed by atoms with Crippen LogP contribution < -0.4 is 10.8 Å². The van der Waals surface area contributed by atoms with Crippen LogP contribution in [0.5, 0.6) is 0 Å². The zero-order valence-corrected chi connectivity index (χ0v) is 9.87. The van der Waals surface area contributed by atoms with Gasteiger partial charge in [0, 0.05) is 5.69 Å². The number of rotatable bonds is 0. The van der Waals surface area contributed by atoms with Gasteiger partial charge in [0.25, 0.3) is 0 Å². The predicted octanol–water partition coefficient (Wildman–Crippen LogP) is 2.68. The zero-order chi connectivity index (χ0) is 11.9. The normalized spacial score (nSPS) is 18.0. The molecule has 0 radical (unpaired) electrons. The molecule has 0 aromatic heterocycles. The molecular weight excluding hydrogens is 216 g/mol. The number of nitrogens with one attached hydrogen (secondary N) is 2. The maximum atomic E-state index is 11.2. The van der Waals surface area contributed by atoms with Gasteiger partial charge in [0.1, 0.15) is 0 Å². The third-order valence-corrected chi connectivity index (χ3v) is 2.91. The summed E-state index contributed by atoms with van der Waals surface area (Å²) in [7, 11) is 0. The van der Waals surface area contributed by atoms with Gasteiger partial charge in [-0.15, -0.1) is 5.48 Å². The molecular formula is C13H18N2O2. The van der Waals surface area contributed by atoms with Gasteiger partial charge in [-0.25, -0.2) is 4.79 Å². The summed E-state index contributed by atoms with van der Waals surface area (Å²) in [6.07, 6.45) is 7.50. The molecule has 17 heavy (non-hydrogen) atoms. The standard InChI is InChI=1S/C8H8N2O2.C5H10/c11-8-6-3-1-2-4-7(6)9-5-10-12-8;1-2-4-5-3-1/h1-4,9-10H,5H2;1-5H2. The highest BCUT2D eigenvalue weighted by atomic mass is 16.7. The number of para-hydroxylation sites is 1. The van der Waals surface area contributed by atoms with Crippen LogP contribution in [-0.2, 0) is 4.84 Å². The van der Waals surface area contributed by atoms with Crippen molar-refractivity contribution < 1.29 is 9.63 Å². The van der Waals surface area contributed by atoms with Gasteiger partial charge < -0.3 is 10.2 Å². The van der Waals surface area contributed by atoms with Crippen LogP contribution >= 0.6 is 0 Å². The third kappa shape index (κ3) is 3.46. The van der Waals surface area contributed by atoms with Gasteiger partial charge in [-0.05, 0) is 12.1 Å². The molecule has 0 saturated heterocycles. The lowest BCUT2D eigenvalue weighted by atomic mass is 10.2. The largest absolute Gasteiger partial charge is 0.369 e. The Bertz CT molecular complexity index is 368. The summed E-state index contributed by atoms with van der Waals surface area (Å²) in [6.45, 7) is 0.433. The van der Waals surface area contributed by atoms with Crippen molar-refractivity contribution in [1.82, 2.24) is 5.48 Å². The van der Waals surface area contributed by atoms with Crippen molar-refractivity contribution in [3.05, 3.63) is 29.8 Å². The molecule has 0 bridgehead atoms. The molecule has 92 valence electrons. The maximum Gasteiger partial charge on any atom is 0.358 e. The first-order chi connectivity index (χ1) is 8.38. The molecule has 0 unspecified atom stereocenters. The topological polar surface area (TPSA) is 50.4 Å². The summed E-state index contributed by atoms with van der Waals surface area (Å²) in [6, 6.07) is 7.22. The Labute approximate surface area is 101 Å². The Kier molecular flexibility index (Phi) is 4.38. The predicted molar refractivity (Wildman–Crippen MR) is 66.6 cm³/mol. The minimum absolute atomic E-state index is 0.351. The number of hydrogen-bond donors (Lipinski definition) is 2. The number of fused-ring (bicyclic) bond motifs is 1.